The highest BCUT2D eigenvalue weighted by atomic mass is 32.2. The third-order valence-corrected chi connectivity index (χ3v) is 3.12. The lowest BCUT2D eigenvalue weighted by atomic mass is 9.98. The zero-order chi connectivity index (χ0) is 11.4. The lowest BCUT2D eigenvalue weighted by Crippen LogP contribution is -2.56. The van der Waals surface area contributed by atoms with Crippen LogP contribution in [0.5, 0.6) is 0 Å². The van der Waals surface area contributed by atoms with E-state index in [9.17, 15) is 10.2 Å². The Balaban J connectivity index is 2.85. The van der Waals surface area contributed by atoms with E-state index in [4.69, 9.17) is 15.4 Å². The Morgan fingerprint density at radius 3 is 2.60 bits per heavy atom. The number of ether oxygens (including phenoxy) is 1. The number of rotatable bonds is 3. The summed E-state index contributed by atoms with van der Waals surface area (Å²) in [6.07, 6.45) is -1.38. The zero-order valence-corrected chi connectivity index (χ0v) is 8.91. The van der Waals surface area contributed by atoms with Crippen LogP contribution >= 0.6 is 11.8 Å². The van der Waals surface area contributed by atoms with Crippen LogP contribution in [0.25, 0.3) is 10.4 Å². The van der Waals surface area contributed by atoms with Gasteiger partial charge in [-0.25, -0.2) is 0 Å². The topological polar surface area (TPSA) is 119 Å². The summed E-state index contributed by atoms with van der Waals surface area (Å²) in [4.78, 5) is 2.56. The highest BCUT2D eigenvalue weighted by Gasteiger charge is 2.43. The normalized spacial score (nSPS) is 40.9. The predicted octanol–water partition coefficient (Wildman–Crippen LogP) is -0.533. The standard InChI is InChI=1S/C7H13N3O4S/c1-15-7-6(13)4(9-10-8)5(12)3(2-11)14-7/h3-7,11-13H,2H2,1H3/t3?,4-,5-,6?,7+/m0/s1. The first-order valence-electron chi connectivity index (χ1n) is 4.35. The van der Waals surface area contributed by atoms with Crippen molar-refractivity contribution in [2.75, 3.05) is 12.9 Å². The summed E-state index contributed by atoms with van der Waals surface area (Å²) in [5, 5.41) is 31.6. The third-order valence-electron chi connectivity index (χ3n) is 2.27. The van der Waals surface area contributed by atoms with E-state index in [0.29, 0.717) is 0 Å². The van der Waals surface area contributed by atoms with Gasteiger partial charge in [-0.15, -0.1) is 11.8 Å². The van der Waals surface area contributed by atoms with E-state index in [2.05, 4.69) is 10.0 Å². The molecule has 0 saturated carbocycles. The molecule has 1 aliphatic rings. The van der Waals surface area contributed by atoms with Gasteiger partial charge in [0, 0.05) is 4.91 Å². The minimum Gasteiger partial charge on any atom is -0.394 e. The van der Waals surface area contributed by atoms with Gasteiger partial charge < -0.3 is 20.1 Å². The maximum atomic E-state index is 9.69. The van der Waals surface area contributed by atoms with E-state index in [1.54, 1.807) is 6.26 Å². The fraction of sp³-hybridized carbons (Fsp3) is 1.00. The van der Waals surface area contributed by atoms with Crippen molar-refractivity contribution in [3.8, 4) is 0 Å². The van der Waals surface area contributed by atoms with Gasteiger partial charge in [-0.2, -0.15) is 0 Å². The second kappa shape index (κ2) is 5.55. The third kappa shape index (κ3) is 2.54. The molecule has 0 aliphatic carbocycles. The first-order chi connectivity index (χ1) is 7.15. The highest BCUT2D eigenvalue weighted by molar-refractivity contribution is 7.99. The van der Waals surface area contributed by atoms with Crippen molar-refractivity contribution in [1.82, 2.24) is 0 Å². The van der Waals surface area contributed by atoms with Crippen LogP contribution in [-0.2, 0) is 4.74 Å². The molecule has 1 fully saturated rings. The Labute approximate surface area is 90.7 Å². The van der Waals surface area contributed by atoms with Crippen molar-refractivity contribution in [2.24, 2.45) is 5.11 Å². The summed E-state index contributed by atoms with van der Waals surface area (Å²) in [6.45, 7) is -0.387. The van der Waals surface area contributed by atoms with E-state index >= 15 is 0 Å². The van der Waals surface area contributed by atoms with Crippen molar-refractivity contribution in [2.45, 2.75) is 29.8 Å². The summed E-state index contributed by atoms with van der Waals surface area (Å²) < 4.78 is 5.22. The second-order valence-corrected chi connectivity index (χ2v) is 4.07. The van der Waals surface area contributed by atoms with Gasteiger partial charge in [-0.3, -0.25) is 0 Å². The number of aliphatic hydroxyl groups is 3. The molecule has 15 heavy (non-hydrogen) atoms. The number of nitrogens with zero attached hydrogens (tertiary/aromatic N) is 3. The lowest BCUT2D eigenvalue weighted by Gasteiger charge is -2.39. The van der Waals surface area contributed by atoms with Crippen molar-refractivity contribution < 1.29 is 20.1 Å². The Bertz CT molecular complexity index is 245. The Morgan fingerprint density at radius 2 is 2.13 bits per heavy atom. The number of aliphatic hydroxyl groups excluding tert-OH is 3. The van der Waals surface area contributed by atoms with E-state index < -0.39 is 29.8 Å². The second-order valence-electron chi connectivity index (χ2n) is 3.14. The fourth-order valence-electron chi connectivity index (χ4n) is 1.46. The maximum absolute atomic E-state index is 9.69. The molecule has 1 rings (SSSR count). The quantitative estimate of drug-likeness (QED) is 0.345. The number of hydrogen-bond acceptors (Lipinski definition) is 6. The smallest absolute Gasteiger partial charge is 0.130 e. The first kappa shape index (κ1) is 12.6. The molecule has 0 aromatic heterocycles. The van der Waals surface area contributed by atoms with Gasteiger partial charge in [0.05, 0.1) is 18.8 Å². The van der Waals surface area contributed by atoms with Gasteiger partial charge in [-0.05, 0) is 11.8 Å². The Kier molecular flexibility index (Phi) is 4.65. The minimum atomic E-state index is -1.19. The highest BCUT2D eigenvalue weighted by Crippen LogP contribution is 2.28. The molecule has 8 heteroatoms. The van der Waals surface area contributed by atoms with E-state index in [1.165, 1.54) is 11.8 Å². The summed E-state index contributed by atoms with van der Waals surface area (Å²) >= 11 is 1.23. The largest absolute Gasteiger partial charge is 0.394 e. The number of thioether (sulfide) groups is 1. The molecular formula is C7H13N3O4S. The molecule has 0 bridgehead atoms. The van der Waals surface area contributed by atoms with Gasteiger partial charge in [0.2, 0.25) is 0 Å². The van der Waals surface area contributed by atoms with Crippen LogP contribution in [0.2, 0.25) is 0 Å². The van der Waals surface area contributed by atoms with Crippen LogP contribution in [0, 0.1) is 0 Å². The van der Waals surface area contributed by atoms with Crippen LogP contribution in [0.4, 0.5) is 0 Å². The van der Waals surface area contributed by atoms with Gasteiger partial charge in [-0.1, -0.05) is 5.11 Å². The maximum Gasteiger partial charge on any atom is 0.130 e. The number of azide groups is 1. The zero-order valence-electron chi connectivity index (χ0n) is 8.09. The predicted molar refractivity (Wildman–Crippen MR) is 54.2 cm³/mol. The molecule has 0 aromatic rings. The van der Waals surface area contributed by atoms with Gasteiger partial charge >= 0.3 is 0 Å². The average Bonchev–Trinajstić information content (AvgIpc) is 2.25. The molecule has 1 aliphatic heterocycles. The monoisotopic (exact) mass is 235 g/mol. The molecule has 0 radical (unpaired) electrons. The van der Waals surface area contributed by atoms with Gasteiger partial charge in [0.15, 0.2) is 0 Å². The molecule has 86 valence electrons. The van der Waals surface area contributed by atoms with Crippen molar-refractivity contribution >= 4 is 11.8 Å². The first-order valence-corrected chi connectivity index (χ1v) is 5.64. The summed E-state index contributed by atoms with van der Waals surface area (Å²) in [6, 6.07) is -0.988. The average molecular weight is 235 g/mol. The van der Waals surface area contributed by atoms with Crippen molar-refractivity contribution in [1.29, 1.82) is 0 Å². The molecule has 0 amide bonds. The lowest BCUT2D eigenvalue weighted by molar-refractivity contribution is -0.159. The van der Waals surface area contributed by atoms with Crippen LogP contribution in [-0.4, -0.2) is 58.0 Å². The molecule has 7 nitrogen and oxygen atoms in total. The number of hydrogen-bond donors (Lipinski definition) is 3. The van der Waals surface area contributed by atoms with Crippen LogP contribution in [0.1, 0.15) is 0 Å². The summed E-state index contributed by atoms with van der Waals surface area (Å²) in [5.41, 5.74) is 7.69. The van der Waals surface area contributed by atoms with Crippen LogP contribution in [0.15, 0.2) is 5.11 Å². The molecule has 1 saturated heterocycles. The van der Waals surface area contributed by atoms with Crippen molar-refractivity contribution in [3.05, 3.63) is 10.4 Å². The Morgan fingerprint density at radius 1 is 1.47 bits per heavy atom. The van der Waals surface area contributed by atoms with E-state index in [-0.39, 0.29) is 6.61 Å². The van der Waals surface area contributed by atoms with Gasteiger partial charge in [0.1, 0.15) is 17.6 Å². The van der Waals surface area contributed by atoms with E-state index in [1.807, 2.05) is 0 Å². The molecule has 3 N–H and O–H groups in total. The van der Waals surface area contributed by atoms with Crippen molar-refractivity contribution in [3.63, 3.8) is 0 Å². The molecule has 1 heterocycles. The summed E-state index contributed by atoms with van der Waals surface area (Å²) in [7, 11) is 0. The summed E-state index contributed by atoms with van der Waals surface area (Å²) in [5.74, 6) is 0. The molecule has 0 spiro atoms. The SMILES string of the molecule is CS[C@H]1OC(CO)[C@H](O)[C@H](N=[N+]=[N-])C1O. The molecule has 0 aromatic carbocycles. The minimum absolute atomic E-state index is 0.387. The molecule has 2 unspecified atom stereocenters. The molecular weight excluding hydrogens is 222 g/mol. The van der Waals surface area contributed by atoms with Crippen LogP contribution in [0.3, 0.4) is 0 Å². The fourth-order valence-corrected chi connectivity index (χ4v) is 2.15. The Hall–Kier alpha value is -0.500. The molecule has 5 atom stereocenters. The van der Waals surface area contributed by atoms with Gasteiger partial charge in [0.25, 0.3) is 0 Å². The van der Waals surface area contributed by atoms with Crippen LogP contribution < -0.4 is 0 Å². The van der Waals surface area contributed by atoms with E-state index in [0.717, 1.165) is 0 Å².